The Hall–Kier alpha value is -1.68. The van der Waals surface area contributed by atoms with E-state index in [9.17, 15) is 9.18 Å². The van der Waals surface area contributed by atoms with Gasteiger partial charge in [-0.05, 0) is 37.2 Å². The van der Waals surface area contributed by atoms with Crippen LogP contribution >= 0.6 is 0 Å². The van der Waals surface area contributed by atoms with Crippen LogP contribution in [0.4, 0.5) is 4.39 Å². The molecule has 2 heterocycles. The maximum Gasteiger partial charge on any atom is 0.254 e. The average Bonchev–Trinajstić information content (AvgIpc) is 2.87. The zero-order valence-electron chi connectivity index (χ0n) is 10.2. The molecule has 3 rings (SSSR count). The van der Waals surface area contributed by atoms with Crippen LogP contribution in [0.1, 0.15) is 17.9 Å². The molecule has 0 radical (unpaired) electrons. The number of hydrogen-bond acceptors (Lipinski definition) is 2. The van der Waals surface area contributed by atoms with Crippen LogP contribution < -0.4 is 10.9 Å². The fraction of sp³-hybridized carbons (Fsp3) is 0.357. The first kappa shape index (κ1) is 11.4. The van der Waals surface area contributed by atoms with E-state index in [0.717, 1.165) is 36.0 Å². The van der Waals surface area contributed by atoms with Gasteiger partial charge in [-0.1, -0.05) is 0 Å². The molecule has 2 aromatic rings. The van der Waals surface area contributed by atoms with E-state index in [0.29, 0.717) is 0 Å². The van der Waals surface area contributed by atoms with E-state index in [1.165, 1.54) is 12.1 Å². The number of aryl methyl sites for hydroxylation is 1. The fourth-order valence-electron chi connectivity index (χ4n) is 2.69. The van der Waals surface area contributed by atoms with Gasteiger partial charge in [0.05, 0.1) is 5.52 Å². The van der Waals surface area contributed by atoms with Crippen LogP contribution in [-0.4, -0.2) is 17.7 Å². The van der Waals surface area contributed by atoms with Crippen molar-refractivity contribution >= 4 is 10.9 Å². The molecule has 4 heteroatoms. The number of aromatic nitrogens is 1. The first-order valence-electron chi connectivity index (χ1n) is 6.17. The summed E-state index contributed by atoms with van der Waals surface area (Å²) < 4.78 is 14.9. The molecular formula is C14H15FN2O. The van der Waals surface area contributed by atoms with Crippen molar-refractivity contribution < 1.29 is 4.39 Å². The van der Waals surface area contributed by atoms with Crippen molar-refractivity contribution in [1.29, 1.82) is 0 Å². The second-order valence-electron chi connectivity index (χ2n) is 4.86. The lowest BCUT2D eigenvalue weighted by atomic mass is 9.98. The lowest BCUT2D eigenvalue weighted by Crippen LogP contribution is -2.24. The van der Waals surface area contributed by atoms with E-state index in [1.807, 2.05) is 6.07 Å². The minimum atomic E-state index is -0.267. The standard InChI is InChI=1S/C14H15FN2O/c1-17-13-3-2-11(15)6-10(13)7-12(14(17)18)9-4-5-16-8-9/h2-3,6-7,9,16H,4-5,8H2,1H3. The number of benzene rings is 1. The Bertz CT molecular complexity index is 657. The molecule has 1 unspecified atom stereocenters. The van der Waals surface area contributed by atoms with Crippen LogP contribution in [0.2, 0.25) is 0 Å². The van der Waals surface area contributed by atoms with Gasteiger partial charge in [0.1, 0.15) is 5.82 Å². The molecule has 0 saturated carbocycles. The number of halogens is 1. The SMILES string of the molecule is Cn1c(=O)c(C2CCNC2)cc2cc(F)ccc21. The zero-order valence-corrected chi connectivity index (χ0v) is 10.2. The average molecular weight is 246 g/mol. The first-order valence-corrected chi connectivity index (χ1v) is 6.17. The molecule has 3 nitrogen and oxygen atoms in total. The third-order valence-electron chi connectivity index (χ3n) is 3.71. The summed E-state index contributed by atoms with van der Waals surface area (Å²) in [6.45, 7) is 1.77. The van der Waals surface area contributed by atoms with Crippen molar-refractivity contribution in [2.75, 3.05) is 13.1 Å². The molecule has 94 valence electrons. The van der Waals surface area contributed by atoms with Gasteiger partial charge in [-0.2, -0.15) is 0 Å². The molecule has 1 aromatic carbocycles. The lowest BCUT2D eigenvalue weighted by Gasteiger charge is -2.12. The van der Waals surface area contributed by atoms with Crippen molar-refractivity contribution in [2.45, 2.75) is 12.3 Å². The molecule has 1 aliphatic heterocycles. The highest BCUT2D eigenvalue weighted by atomic mass is 19.1. The molecule has 1 aliphatic rings. The Morgan fingerprint density at radius 3 is 2.94 bits per heavy atom. The van der Waals surface area contributed by atoms with Crippen LogP contribution in [0, 0.1) is 5.82 Å². The summed E-state index contributed by atoms with van der Waals surface area (Å²) in [6, 6.07) is 6.38. The zero-order chi connectivity index (χ0) is 12.7. The topological polar surface area (TPSA) is 34.0 Å². The van der Waals surface area contributed by atoms with E-state index in [4.69, 9.17) is 0 Å². The summed E-state index contributed by atoms with van der Waals surface area (Å²) in [5.74, 6) is -0.0204. The Labute approximate surface area is 104 Å². The third kappa shape index (κ3) is 1.73. The molecule has 1 saturated heterocycles. The Balaban J connectivity index is 2.26. The molecule has 1 fully saturated rings. The largest absolute Gasteiger partial charge is 0.316 e. The number of rotatable bonds is 1. The fourth-order valence-corrected chi connectivity index (χ4v) is 2.69. The van der Waals surface area contributed by atoms with E-state index in [1.54, 1.807) is 17.7 Å². The highest BCUT2D eigenvalue weighted by molar-refractivity contribution is 5.79. The van der Waals surface area contributed by atoms with E-state index >= 15 is 0 Å². The molecule has 0 aliphatic carbocycles. The van der Waals surface area contributed by atoms with Gasteiger partial charge in [-0.3, -0.25) is 4.79 Å². The van der Waals surface area contributed by atoms with Gasteiger partial charge >= 0.3 is 0 Å². The normalized spacial score (nSPS) is 19.6. The number of nitrogens with zero attached hydrogens (tertiary/aromatic N) is 1. The number of hydrogen-bond donors (Lipinski definition) is 1. The second kappa shape index (κ2) is 4.21. The summed E-state index contributed by atoms with van der Waals surface area (Å²) in [6.07, 6.45) is 0.968. The maximum atomic E-state index is 13.3. The van der Waals surface area contributed by atoms with Gasteiger partial charge < -0.3 is 9.88 Å². The number of nitrogens with one attached hydrogen (secondary N) is 1. The van der Waals surface area contributed by atoms with Gasteiger partial charge in [0.25, 0.3) is 5.56 Å². The highest BCUT2D eigenvalue weighted by Gasteiger charge is 2.21. The van der Waals surface area contributed by atoms with E-state index in [2.05, 4.69) is 5.32 Å². The summed E-state index contributed by atoms with van der Waals surface area (Å²) in [5.41, 5.74) is 1.60. The minimum absolute atomic E-state index is 0.0304. The van der Waals surface area contributed by atoms with Crippen LogP contribution in [0.3, 0.4) is 0 Å². The molecule has 1 atom stereocenters. The lowest BCUT2D eigenvalue weighted by molar-refractivity contribution is 0.629. The van der Waals surface area contributed by atoms with Gasteiger partial charge in [0, 0.05) is 30.5 Å². The van der Waals surface area contributed by atoms with Crippen LogP contribution in [0.25, 0.3) is 10.9 Å². The van der Waals surface area contributed by atoms with Crippen LogP contribution in [0.5, 0.6) is 0 Å². The Morgan fingerprint density at radius 2 is 2.22 bits per heavy atom. The van der Waals surface area contributed by atoms with E-state index < -0.39 is 0 Å². The summed E-state index contributed by atoms with van der Waals surface area (Å²) in [4.78, 5) is 12.3. The highest BCUT2D eigenvalue weighted by Crippen LogP contribution is 2.23. The van der Waals surface area contributed by atoms with Gasteiger partial charge in [-0.15, -0.1) is 0 Å². The van der Waals surface area contributed by atoms with Gasteiger partial charge in [0.15, 0.2) is 0 Å². The van der Waals surface area contributed by atoms with E-state index in [-0.39, 0.29) is 17.3 Å². The Kier molecular flexibility index (Phi) is 2.67. The smallest absolute Gasteiger partial charge is 0.254 e. The molecule has 1 aromatic heterocycles. The quantitative estimate of drug-likeness (QED) is 0.832. The van der Waals surface area contributed by atoms with Crippen molar-refractivity contribution in [1.82, 2.24) is 9.88 Å². The molecule has 1 N–H and O–H groups in total. The van der Waals surface area contributed by atoms with Crippen molar-refractivity contribution in [3.8, 4) is 0 Å². The van der Waals surface area contributed by atoms with Crippen LogP contribution in [0.15, 0.2) is 29.1 Å². The number of pyridine rings is 1. The molecule has 0 amide bonds. The van der Waals surface area contributed by atoms with Gasteiger partial charge in [-0.25, -0.2) is 4.39 Å². The van der Waals surface area contributed by atoms with Crippen LogP contribution in [-0.2, 0) is 7.05 Å². The maximum absolute atomic E-state index is 13.3. The number of fused-ring (bicyclic) bond motifs is 1. The minimum Gasteiger partial charge on any atom is -0.316 e. The summed E-state index contributed by atoms with van der Waals surface area (Å²) >= 11 is 0. The van der Waals surface area contributed by atoms with Crippen molar-refractivity contribution in [2.24, 2.45) is 7.05 Å². The molecule has 0 bridgehead atoms. The third-order valence-corrected chi connectivity index (χ3v) is 3.71. The molecular weight excluding hydrogens is 231 g/mol. The second-order valence-corrected chi connectivity index (χ2v) is 4.86. The summed E-state index contributed by atoms with van der Waals surface area (Å²) in [7, 11) is 1.74. The first-order chi connectivity index (χ1) is 8.66. The predicted octanol–water partition coefficient (Wildman–Crippen LogP) is 1.75. The molecule has 0 spiro atoms. The monoisotopic (exact) mass is 246 g/mol. The van der Waals surface area contributed by atoms with Crippen molar-refractivity contribution in [3.05, 3.63) is 46.0 Å². The Morgan fingerprint density at radius 1 is 1.39 bits per heavy atom. The van der Waals surface area contributed by atoms with Crippen molar-refractivity contribution in [3.63, 3.8) is 0 Å². The summed E-state index contributed by atoms with van der Waals surface area (Å²) in [5, 5.41) is 4.05. The molecule has 18 heavy (non-hydrogen) atoms. The van der Waals surface area contributed by atoms with Gasteiger partial charge in [0.2, 0.25) is 0 Å². The predicted molar refractivity (Wildman–Crippen MR) is 69.4 cm³/mol.